The van der Waals surface area contributed by atoms with Crippen LogP contribution in [0.5, 0.6) is 17.2 Å². The van der Waals surface area contributed by atoms with Crippen LogP contribution >= 0.6 is 0 Å². The van der Waals surface area contributed by atoms with Crippen molar-refractivity contribution in [3.05, 3.63) is 71.2 Å². The van der Waals surface area contributed by atoms with Crippen LogP contribution in [0.2, 0.25) is 0 Å². The number of rotatable bonds is 9. The van der Waals surface area contributed by atoms with Crippen molar-refractivity contribution in [2.45, 2.75) is 44.0 Å². The third kappa shape index (κ3) is 6.54. The Morgan fingerprint density at radius 2 is 1.85 bits per heavy atom. The second kappa shape index (κ2) is 11.2. The number of ether oxygens (including phenoxy) is 3. The molecule has 0 spiro atoms. The standard InChI is InChI=1S/C29H31F4N3O5/c1-27(2,14-37)41-22-10-7-17(11-23(22)39-4)26(38)35-13-20(29(31,32)33)21-12-19-25(40-15-28(19,3)34)24(36-21)16-5-8-18(30)9-6-16/h5-12,20,37H,13-15,34H2,1-4H3,(H,35,38)/t20?,28-/m1/s1. The fraction of sp³-hybridized carbons (Fsp3) is 0.379. The number of pyridine rings is 1. The van der Waals surface area contributed by atoms with E-state index in [1.54, 1.807) is 20.8 Å². The predicted octanol–water partition coefficient (Wildman–Crippen LogP) is 4.69. The molecule has 0 aliphatic carbocycles. The number of nitrogens with two attached hydrogens (primary N) is 1. The molecular weight excluding hydrogens is 546 g/mol. The molecule has 1 amide bonds. The lowest BCUT2D eigenvalue weighted by atomic mass is 9.91. The monoisotopic (exact) mass is 577 g/mol. The number of benzene rings is 2. The Hall–Kier alpha value is -3.90. The first-order chi connectivity index (χ1) is 19.1. The van der Waals surface area contributed by atoms with Crippen LogP contribution in [0.3, 0.4) is 0 Å². The number of methoxy groups -OCH3 is 1. The van der Waals surface area contributed by atoms with E-state index in [9.17, 15) is 27.5 Å². The summed E-state index contributed by atoms with van der Waals surface area (Å²) in [5.74, 6) is -2.85. The zero-order chi connectivity index (χ0) is 30.2. The highest BCUT2D eigenvalue weighted by atomic mass is 19.4. The maximum Gasteiger partial charge on any atom is 0.398 e. The molecule has 1 aliphatic heterocycles. The van der Waals surface area contributed by atoms with Gasteiger partial charge in [0.25, 0.3) is 5.91 Å². The summed E-state index contributed by atoms with van der Waals surface area (Å²) in [7, 11) is 1.35. The molecule has 41 heavy (non-hydrogen) atoms. The Morgan fingerprint density at radius 3 is 2.46 bits per heavy atom. The molecule has 1 aliphatic rings. The molecule has 1 unspecified atom stereocenters. The molecule has 4 N–H and O–H groups in total. The van der Waals surface area contributed by atoms with Gasteiger partial charge in [0.1, 0.15) is 29.6 Å². The minimum Gasteiger partial charge on any atom is -0.493 e. The van der Waals surface area contributed by atoms with E-state index in [0.29, 0.717) is 11.1 Å². The fourth-order valence-corrected chi connectivity index (χ4v) is 4.31. The van der Waals surface area contributed by atoms with Gasteiger partial charge in [-0.3, -0.25) is 4.79 Å². The zero-order valence-electron chi connectivity index (χ0n) is 22.9. The third-order valence-electron chi connectivity index (χ3n) is 6.65. The molecule has 1 aromatic heterocycles. The number of carbonyl (C=O) groups is 1. The molecule has 0 radical (unpaired) electrons. The van der Waals surface area contributed by atoms with Crippen LogP contribution < -0.4 is 25.3 Å². The number of carbonyl (C=O) groups excluding carboxylic acids is 1. The third-order valence-corrected chi connectivity index (χ3v) is 6.65. The van der Waals surface area contributed by atoms with Crippen molar-refractivity contribution in [2.75, 3.05) is 26.9 Å². The summed E-state index contributed by atoms with van der Waals surface area (Å²) in [6, 6.07) is 10.5. The molecule has 8 nitrogen and oxygen atoms in total. The molecule has 0 saturated heterocycles. The Bertz CT molecular complexity index is 1430. The number of hydrogen-bond acceptors (Lipinski definition) is 7. The van der Waals surface area contributed by atoms with Gasteiger partial charge in [0, 0.05) is 23.2 Å². The van der Waals surface area contributed by atoms with E-state index in [2.05, 4.69) is 10.3 Å². The van der Waals surface area contributed by atoms with E-state index in [4.69, 9.17) is 19.9 Å². The van der Waals surface area contributed by atoms with Gasteiger partial charge in [-0.25, -0.2) is 9.37 Å². The number of alkyl halides is 3. The van der Waals surface area contributed by atoms with Crippen molar-refractivity contribution in [3.63, 3.8) is 0 Å². The van der Waals surface area contributed by atoms with Crippen LogP contribution in [0, 0.1) is 5.82 Å². The fourth-order valence-electron chi connectivity index (χ4n) is 4.31. The Kier molecular flexibility index (Phi) is 8.19. The maximum atomic E-state index is 14.4. The summed E-state index contributed by atoms with van der Waals surface area (Å²) in [4.78, 5) is 17.2. The van der Waals surface area contributed by atoms with Crippen LogP contribution in [0.15, 0.2) is 48.5 Å². The first-order valence-corrected chi connectivity index (χ1v) is 12.7. The predicted molar refractivity (Wildman–Crippen MR) is 143 cm³/mol. The van der Waals surface area contributed by atoms with E-state index in [1.807, 2.05) is 0 Å². The van der Waals surface area contributed by atoms with Crippen LogP contribution in [-0.4, -0.2) is 54.6 Å². The van der Waals surface area contributed by atoms with Gasteiger partial charge >= 0.3 is 6.18 Å². The molecule has 2 heterocycles. The Morgan fingerprint density at radius 1 is 1.17 bits per heavy atom. The highest BCUT2D eigenvalue weighted by Crippen LogP contribution is 2.45. The van der Waals surface area contributed by atoms with Gasteiger partial charge in [-0.05, 0) is 69.3 Å². The van der Waals surface area contributed by atoms with Gasteiger partial charge in [0.2, 0.25) is 0 Å². The summed E-state index contributed by atoms with van der Waals surface area (Å²) in [5.41, 5.74) is 4.74. The quantitative estimate of drug-likeness (QED) is 0.316. The number of aromatic nitrogens is 1. The van der Waals surface area contributed by atoms with E-state index >= 15 is 0 Å². The maximum absolute atomic E-state index is 14.4. The molecule has 220 valence electrons. The van der Waals surface area contributed by atoms with Crippen molar-refractivity contribution in [1.82, 2.24) is 10.3 Å². The summed E-state index contributed by atoms with van der Waals surface area (Å²) >= 11 is 0. The highest BCUT2D eigenvalue weighted by Gasteiger charge is 2.44. The first-order valence-electron chi connectivity index (χ1n) is 12.7. The number of aliphatic hydroxyl groups is 1. The van der Waals surface area contributed by atoms with Crippen LogP contribution in [-0.2, 0) is 5.54 Å². The molecule has 2 aromatic carbocycles. The summed E-state index contributed by atoms with van der Waals surface area (Å²) in [6.45, 7) is 3.84. The summed E-state index contributed by atoms with van der Waals surface area (Å²) < 4.78 is 73.4. The largest absolute Gasteiger partial charge is 0.493 e. The van der Waals surface area contributed by atoms with E-state index < -0.39 is 41.5 Å². The Balaban J connectivity index is 1.65. The zero-order valence-corrected chi connectivity index (χ0v) is 22.9. The lowest BCUT2D eigenvalue weighted by molar-refractivity contribution is -0.149. The number of fused-ring (bicyclic) bond motifs is 1. The van der Waals surface area contributed by atoms with E-state index in [0.717, 1.165) is 0 Å². The molecule has 0 saturated carbocycles. The average Bonchev–Trinajstić information content (AvgIpc) is 3.22. The number of aliphatic hydroxyl groups excluding tert-OH is 1. The summed E-state index contributed by atoms with van der Waals surface area (Å²) in [5, 5.41) is 11.8. The van der Waals surface area contributed by atoms with Gasteiger partial charge in [-0.15, -0.1) is 0 Å². The van der Waals surface area contributed by atoms with Crippen molar-refractivity contribution in [3.8, 4) is 28.5 Å². The highest BCUT2D eigenvalue weighted by molar-refractivity contribution is 5.95. The van der Waals surface area contributed by atoms with Gasteiger partial charge in [-0.1, -0.05) is 0 Å². The SMILES string of the molecule is COc1cc(C(=O)NCC(c2cc3c(c(-c4ccc(F)cc4)n2)OC[C@@]3(C)N)C(F)(F)F)ccc1OC(C)(C)CO. The van der Waals surface area contributed by atoms with Crippen molar-refractivity contribution in [1.29, 1.82) is 0 Å². The van der Waals surface area contributed by atoms with E-state index in [1.165, 1.54) is 55.6 Å². The van der Waals surface area contributed by atoms with Crippen LogP contribution in [0.1, 0.15) is 48.3 Å². The lowest BCUT2D eigenvalue weighted by Gasteiger charge is -2.25. The number of halogens is 4. The summed E-state index contributed by atoms with van der Waals surface area (Å²) in [6.07, 6.45) is -4.79. The smallest absolute Gasteiger partial charge is 0.398 e. The lowest BCUT2D eigenvalue weighted by Crippen LogP contribution is -2.37. The second-order valence-electron chi connectivity index (χ2n) is 10.7. The molecule has 2 atom stereocenters. The van der Waals surface area contributed by atoms with E-state index in [-0.39, 0.29) is 47.4 Å². The molecule has 3 aromatic rings. The van der Waals surface area contributed by atoms with Crippen molar-refractivity contribution < 1.29 is 41.7 Å². The van der Waals surface area contributed by atoms with Crippen LogP contribution in [0.25, 0.3) is 11.3 Å². The topological polar surface area (TPSA) is 116 Å². The van der Waals surface area contributed by atoms with Gasteiger partial charge in [0.15, 0.2) is 17.2 Å². The first kappa shape index (κ1) is 30.1. The number of nitrogens with zero attached hydrogens (tertiary/aromatic N) is 1. The van der Waals surface area contributed by atoms with Gasteiger partial charge in [-0.2, -0.15) is 13.2 Å². The minimum absolute atomic E-state index is 0.0200. The molecule has 0 fully saturated rings. The molecule has 12 heteroatoms. The number of hydrogen-bond donors (Lipinski definition) is 3. The molecule has 0 bridgehead atoms. The normalized spacial score (nSPS) is 17.4. The van der Waals surface area contributed by atoms with Crippen molar-refractivity contribution in [2.24, 2.45) is 5.73 Å². The van der Waals surface area contributed by atoms with Crippen LogP contribution in [0.4, 0.5) is 17.6 Å². The van der Waals surface area contributed by atoms with Crippen molar-refractivity contribution >= 4 is 5.91 Å². The number of amides is 1. The molecule has 4 rings (SSSR count). The van der Waals surface area contributed by atoms with Gasteiger partial charge in [0.05, 0.1) is 24.9 Å². The molecular formula is C29H31F4N3O5. The van der Waals surface area contributed by atoms with Gasteiger partial charge < -0.3 is 30.4 Å². The number of nitrogens with one attached hydrogen (secondary N) is 1. The Labute approximate surface area is 234 Å². The second-order valence-corrected chi connectivity index (χ2v) is 10.7. The minimum atomic E-state index is -4.79. The average molecular weight is 578 g/mol.